The van der Waals surface area contributed by atoms with E-state index >= 15 is 0 Å². The molecule has 0 saturated carbocycles. The largest absolute Gasteiger partial charge is 0.756 e. The number of allylic oxidation sites excluding steroid dienone is 13. The molecule has 0 fully saturated rings. The Balaban J connectivity index is 3.99. The molecule has 8 nitrogen and oxygen atoms in total. The van der Waals surface area contributed by atoms with Gasteiger partial charge in [0.05, 0.1) is 39.9 Å². The second-order valence-corrected chi connectivity index (χ2v) is 26.6. The van der Waals surface area contributed by atoms with Crippen LogP contribution in [0.4, 0.5) is 0 Å². The summed E-state index contributed by atoms with van der Waals surface area (Å²) in [4.78, 5) is 25.6. The maximum Gasteiger partial charge on any atom is 0.268 e. The molecule has 0 aromatic heterocycles. The number of nitrogens with zero attached hydrogens (tertiary/aromatic N) is 1. The fourth-order valence-electron chi connectivity index (χ4n) is 10.4. The van der Waals surface area contributed by atoms with Gasteiger partial charge in [0.1, 0.15) is 13.2 Å². The lowest BCUT2D eigenvalue weighted by atomic mass is 10.0. The molecule has 0 heterocycles. The summed E-state index contributed by atoms with van der Waals surface area (Å²) in [6, 6.07) is -0.889. The van der Waals surface area contributed by atoms with Gasteiger partial charge in [-0.05, 0) is 70.6 Å². The minimum absolute atomic E-state index is 0.00116. The molecule has 0 aromatic carbocycles. The molecule has 0 spiro atoms. The number of quaternary nitrogens is 1. The standard InChI is InChI=1S/C74H137N2O6P/c1-6-8-10-12-14-16-18-20-22-24-26-28-30-31-32-33-34-35-36-37-38-39-40-41-42-43-44-45-46-48-50-52-54-56-58-60-62-64-66-68-74(78)75-72(71-82-83(79,80)81-70-69-76(3,4)5)73(77)67-65-63-61-59-57-55-53-51-49-47-29-27-25-23-21-19-17-15-13-11-9-7-2/h8,10,14,16,20,22,26,28,31-32,34-35,65,67,72-73,77H,6-7,9,11-13,15,17-19,21,23-25,27,29-30,33,36-64,66,68-71H2,1-5H3,(H-,75,78,79,80)/b10-8-,16-14-,22-20-,28-26-,32-31-,35-34-,67-65+. The molecule has 0 saturated heterocycles. The third kappa shape index (κ3) is 67.1. The molecular weight excluding hydrogens is 1040 g/mol. The van der Waals surface area contributed by atoms with Crippen molar-refractivity contribution in [2.45, 2.75) is 341 Å². The molecule has 0 bridgehead atoms. The molecule has 0 aromatic rings. The Morgan fingerprint density at radius 1 is 0.434 bits per heavy atom. The number of hydrogen-bond donors (Lipinski definition) is 2. The summed E-state index contributed by atoms with van der Waals surface area (Å²) >= 11 is 0. The van der Waals surface area contributed by atoms with Gasteiger partial charge < -0.3 is 28.8 Å². The van der Waals surface area contributed by atoms with Crippen molar-refractivity contribution in [2.24, 2.45) is 0 Å². The first kappa shape index (κ1) is 80.7. The van der Waals surface area contributed by atoms with Gasteiger partial charge in [-0.1, -0.05) is 336 Å². The highest BCUT2D eigenvalue weighted by molar-refractivity contribution is 7.45. The molecule has 1 amide bonds. The summed E-state index contributed by atoms with van der Waals surface area (Å²) < 4.78 is 23.5. The molecule has 83 heavy (non-hydrogen) atoms. The summed E-state index contributed by atoms with van der Waals surface area (Å²) in [5.41, 5.74) is 0. The second-order valence-electron chi connectivity index (χ2n) is 25.2. The number of carbonyl (C=O) groups excluding carboxylic acids is 1. The monoisotopic (exact) mass is 1180 g/mol. The number of amides is 1. The number of phosphoric ester groups is 1. The predicted octanol–water partition coefficient (Wildman–Crippen LogP) is 22.1. The number of carbonyl (C=O) groups is 1. The fourth-order valence-corrected chi connectivity index (χ4v) is 11.1. The zero-order valence-electron chi connectivity index (χ0n) is 55.4. The van der Waals surface area contributed by atoms with Crippen LogP contribution < -0.4 is 10.2 Å². The number of hydrogen-bond acceptors (Lipinski definition) is 6. The van der Waals surface area contributed by atoms with Crippen molar-refractivity contribution in [1.29, 1.82) is 0 Å². The van der Waals surface area contributed by atoms with Gasteiger partial charge in [-0.2, -0.15) is 0 Å². The Morgan fingerprint density at radius 3 is 1.07 bits per heavy atom. The van der Waals surface area contributed by atoms with E-state index in [9.17, 15) is 19.4 Å². The van der Waals surface area contributed by atoms with Gasteiger partial charge in [-0.25, -0.2) is 0 Å². The highest BCUT2D eigenvalue weighted by atomic mass is 31.2. The van der Waals surface area contributed by atoms with Crippen LogP contribution in [0.25, 0.3) is 0 Å². The molecule has 0 rings (SSSR count). The average molecular weight is 1180 g/mol. The van der Waals surface area contributed by atoms with Gasteiger partial charge in [0.2, 0.25) is 5.91 Å². The van der Waals surface area contributed by atoms with Crippen LogP contribution in [0.1, 0.15) is 328 Å². The van der Waals surface area contributed by atoms with E-state index in [0.29, 0.717) is 17.4 Å². The van der Waals surface area contributed by atoms with E-state index in [1.54, 1.807) is 6.08 Å². The third-order valence-corrected chi connectivity index (χ3v) is 16.8. The van der Waals surface area contributed by atoms with Crippen LogP contribution in [0.3, 0.4) is 0 Å². The maximum absolute atomic E-state index is 13.0. The van der Waals surface area contributed by atoms with E-state index in [-0.39, 0.29) is 19.1 Å². The van der Waals surface area contributed by atoms with E-state index < -0.39 is 20.0 Å². The first-order valence-corrected chi connectivity index (χ1v) is 36.9. The topological polar surface area (TPSA) is 108 Å². The molecule has 2 N–H and O–H groups in total. The van der Waals surface area contributed by atoms with Gasteiger partial charge in [-0.3, -0.25) is 9.36 Å². The van der Waals surface area contributed by atoms with Gasteiger partial charge >= 0.3 is 0 Å². The maximum atomic E-state index is 13.0. The number of phosphoric acid groups is 1. The lowest BCUT2D eigenvalue weighted by molar-refractivity contribution is -0.870. The Kier molecular flexibility index (Phi) is 62.4. The van der Waals surface area contributed by atoms with E-state index in [1.165, 1.54) is 231 Å². The normalized spacial score (nSPS) is 14.2. The zero-order valence-corrected chi connectivity index (χ0v) is 56.3. The van der Waals surface area contributed by atoms with Gasteiger partial charge in [-0.15, -0.1) is 0 Å². The van der Waals surface area contributed by atoms with Gasteiger partial charge in [0.15, 0.2) is 0 Å². The van der Waals surface area contributed by atoms with Crippen molar-refractivity contribution in [3.63, 3.8) is 0 Å². The van der Waals surface area contributed by atoms with E-state index in [4.69, 9.17) is 9.05 Å². The summed E-state index contributed by atoms with van der Waals surface area (Å²) in [6.45, 7) is 4.57. The fraction of sp³-hybridized carbons (Fsp3) is 0.797. The van der Waals surface area contributed by atoms with Crippen LogP contribution in [0.15, 0.2) is 85.1 Å². The predicted molar refractivity (Wildman–Crippen MR) is 362 cm³/mol. The van der Waals surface area contributed by atoms with Crippen LogP contribution in [-0.2, 0) is 18.4 Å². The Bertz CT molecular complexity index is 1630. The number of aliphatic hydroxyl groups is 1. The summed E-state index contributed by atoms with van der Waals surface area (Å²) in [5, 5.41) is 14.0. The average Bonchev–Trinajstić information content (AvgIpc) is 3.50. The summed E-state index contributed by atoms with van der Waals surface area (Å²) in [7, 11) is 1.27. The van der Waals surface area contributed by atoms with Gasteiger partial charge in [0, 0.05) is 6.42 Å². The number of rotatable bonds is 65. The van der Waals surface area contributed by atoms with Crippen molar-refractivity contribution in [3.05, 3.63) is 85.1 Å². The van der Waals surface area contributed by atoms with Crippen LogP contribution in [-0.4, -0.2) is 68.5 Å². The number of aliphatic hydroxyl groups excluding tert-OH is 1. The van der Waals surface area contributed by atoms with E-state index in [0.717, 1.165) is 77.0 Å². The van der Waals surface area contributed by atoms with Crippen molar-refractivity contribution < 1.29 is 32.9 Å². The van der Waals surface area contributed by atoms with Crippen molar-refractivity contribution in [3.8, 4) is 0 Å². The number of unbranched alkanes of at least 4 members (excludes halogenated alkanes) is 40. The Labute approximate surface area is 516 Å². The first-order valence-electron chi connectivity index (χ1n) is 35.4. The lowest BCUT2D eigenvalue weighted by Gasteiger charge is -2.29. The Morgan fingerprint density at radius 2 is 0.735 bits per heavy atom. The number of likely N-dealkylation sites (N-methyl/N-ethyl adjacent to an activating group) is 1. The van der Waals surface area contributed by atoms with Crippen molar-refractivity contribution >= 4 is 13.7 Å². The molecule has 0 aliphatic rings. The molecular formula is C74H137N2O6P. The quantitative estimate of drug-likeness (QED) is 0.0272. The van der Waals surface area contributed by atoms with Crippen molar-refractivity contribution in [2.75, 3.05) is 40.9 Å². The van der Waals surface area contributed by atoms with Crippen LogP contribution in [0.5, 0.6) is 0 Å². The SMILES string of the molecule is CC/C=C\C/C=C\C/C=C\C/C=C\C/C=C\C/C=C\CCCCCCCCCCCCCCCCCCCCCCC(=O)NC(COP(=O)([O-])OCC[N+](C)(C)C)C(O)/C=C/CCCCCCCCCCCCCCCCCCCCCC. The molecule has 0 radical (unpaired) electrons. The highest BCUT2D eigenvalue weighted by Crippen LogP contribution is 2.38. The lowest BCUT2D eigenvalue weighted by Crippen LogP contribution is -2.45. The molecule has 3 atom stereocenters. The van der Waals surface area contributed by atoms with Crippen LogP contribution in [0, 0.1) is 0 Å². The van der Waals surface area contributed by atoms with Crippen LogP contribution >= 0.6 is 7.82 Å². The molecule has 484 valence electrons. The van der Waals surface area contributed by atoms with E-state index in [1.807, 2.05) is 27.2 Å². The third-order valence-electron chi connectivity index (χ3n) is 15.9. The number of nitrogens with one attached hydrogen (secondary N) is 1. The minimum Gasteiger partial charge on any atom is -0.756 e. The molecule has 0 aliphatic carbocycles. The first-order chi connectivity index (χ1) is 40.5. The van der Waals surface area contributed by atoms with Crippen molar-refractivity contribution in [1.82, 2.24) is 5.32 Å². The zero-order chi connectivity index (χ0) is 60.5. The molecule has 9 heteroatoms. The minimum atomic E-state index is -4.60. The summed E-state index contributed by atoms with van der Waals surface area (Å²) in [6.07, 6.45) is 91.3. The van der Waals surface area contributed by atoms with Gasteiger partial charge in [0.25, 0.3) is 7.82 Å². The molecule has 0 aliphatic heterocycles. The Hall–Kier alpha value is -2.32. The van der Waals surface area contributed by atoms with Crippen LogP contribution in [0.2, 0.25) is 0 Å². The second kappa shape index (κ2) is 64.2. The molecule has 3 unspecified atom stereocenters. The summed E-state index contributed by atoms with van der Waals surface area (Å²) in [5.74, 6) is -0.193. The highest BCUT2D eigenvalue weighted by Gasteiger charge is 2.23. The van der Waals surface area contributed by atoms with E-state index in [2.05, 4.69) is 92.1 Å². The smallest absolute Gasteiger partial charge is 0.268 e.